The van der Waals surface area contributed by atoms with Crippen LogP contribution in [-0.4, -0.2) is 22.5 Å². The Balaban J connectivity index is 1.71. The zero-order valence-electron chi connectivity index (χ0n) is 14.8. The Morgan fingerprint density at radius 1 is 1.12 bits per heavy atom. The summed E-state index contributed by atoms with van der Waals surface area (Å²) in [6.07, 6.45) is 1.97. The van der Waals surface area contributed by atoms with E-state index in [1.54, 1.807) is 25.1 Å². The van der Waals surface area contributed by atoms with Gasteiger partial charge in [-0.2, -0.15) is 0 Å². The summed E-state index contributed by atoms with van der Waals surface area (Å²) in [4.78, 5) is 36.8. The standard InChI is InChI=1S/C19H22N4O3/c1-12-4-3-5-15(10-12)21-19(26)22-16-9-6-13(2)23(18(16)25)11-17(24)20-14-7-8-14/h3-6,9-10,14H,7-8,11H2,1-2H3,(H,20,24)(H2,21,22,26). The van der Waals surface area contributed by atoms with Gasteiger partial charge in [0.05, 0.1) is 0 Å². The average molecular weight is 354 g/mol. The Labute approximate surface area is 151 Å². The van der Waals surface area contributed by atoms with Crippen molar-refractivity contribution in [2.75, 3.05) is 10.6 Å². The van der Waals surface area contributed by atoms with Gasteiger partial charge in [-0.05, 0) is 56.5 Å². The summed E-state index contributed by atoms with van der Waals surface area (Å²) in [6.45, 7) is 3.62. The molecule has 1 aliphatic rings. The minimum atomic E-state index is -0.509. The largest absolute Gasteiger partial charge is 0.352 e. The number of nitrogens with one attached hydrogen (secondary N) is 3. The maximum atomic E-state index is 12.6. The Morgan fingerprint density at radius 3 is 2.58 bits per heavy atom. The van der Waals surface area contributed by atoms with Crippen molar-refractivity contribution in [1.29, 1.82) is 0 Å². The lowest BCUT2D eigenvalue weighted by Crippen LogP contribution is -2.35. The number of amides is 3. The summed E-state index contributed by atoms with van der Waals surface area (Å²) < 4.78 is 1.36. The van der Waals surface area contributed by atoms with Crippen LogP contribution in [-0.2, 0) is 11.3 Å². The van der Waals surface area contributed by atoms with Crippen molar-refractivity contribution in [3.05, 3.63) is 58.0 Å². The molecule has 26 heavy (non-hydrogen) atoms. The molecule has 0 saturated heterocycles. The number of rotatable bonds is 5. The van der Waals surface area contributed by atoms with E-state index in [1.807, 2.05) is 25.1 Å². The van der Waals surface area contributed by atoms with E-state index in [2.05, 4.69) is 16.0 Å². The quantitative estimate of drug-likeness (QED) is 0.770. The van der Waals surface area contributed by atoms with Gasteiger partial charge in [0.15, 0.2) is 0 Å². The highest BCUT2D eigenvalue weighted by Crippen LogP contribution is 2.18. The summed E-state index contributed by atoms with van der Waals surface area (Å²) in [7, 11) is 0. The predicted molar refractivity (Wildman–Crippen MR) is 100 cm³/mol. The van der Waals surface area contributed by atoms with Crippen LogP contribution in [0.4, 0.5) is 16.2 Å². The molecular weight excluding hydrogens is 332 g/mol. The highest BCUT2D eigenvalue weighted by molar-refractivity contribution is 5.99. The van der Waals surface area contributed by atoms with Crippen molar-refractivity contribution in [2.24, 2.45) is 0 Å². The lowest BCUT2D eigenvalue weighted by Gasteiger charge is -2.13. The number of nitrogens with zero attached hydrogens (tertiary/aromatic N) is 1. The third-order valence-electron chi connectivity index (χ3n) is 4.16. The van der Waals surface area contributed by atoms with Crippen LogP contribution in [0.3, 0.4) is 0 Å². The zero-order chi connectivity index (χ0) is 18.7. The number of hydrogen-bond donors (Lipinski definition) is 3. The molecule has 0 bridgehead atoms. The van der Waals surface area contributed by atoms with Crippen molar-refractivity contribution in [3.63, 3.8) is 0 Å². The number of aryl methyl sites for hydroxylation is 2. The van der Waals surface area contributed by atoms with Crippen LogP contribution in [0.2, 0.25) is 0 Å². The van der Waals surface area contributed by atoms with E-state index in [9.17, 15) is 14.4 Å². The number of hydrogen-bond acceptors (Lipinski definition) is 3. The smallest absolute Gasteiger partial charge is 0.323 e. The summed E-state index contributed by atoms with van der Waals surface area (Å²) in [5.74, 6) is -0.195. The van der Waals surface area contributed by atoms with E-state index in [1.165, 1.54) is 4.57 Å². The summed E-state index contributed by atoms with van der Waals surface area (Å²) in [6, 6.07) is 10.3. The van der Waals surface area contributed by atoms with Crippen LogP contribution in [0.1, 0.15) is 24.1 Å². The average Bonchev–Trinajstić information content (AvgIpc) is 3.38. The summed E-state index contributed by atoms with van der Waals surface area (Å²) in [5, 5.41) is 8.10. The SMILES string of the molecule is Cc1cccc(NC(=O)Nc2ccc(C)n(CC(=O)NC3CC3)c2=O)c1. The third kappa shape index (κ3) is 4.50. The Hall–Kier alpha value is -3.09. The maximum absolute atomic E-state index is 12.6. The van der Waals surface area contributed by atoms with Crippen molar-refractivity contribution >= 4 is 23.3 Å². The number of benzene rings is 1. The molecule has 3 rings (SSSR count). The molecule has 1 aromatic carbocycles. The second kappa shape index (κ2) is 7.43. The molecular formula is C19H22N4O3. The van der Waals surface area contributed by atoms with Crippen LogP contribution >= 0.6 is 0 Å². The van der Waals surface area contributed by atoms with Gasteiger partial charge in [0.25, 0.3) is 5.56 Å². The van der Waals surface area contributed by atoms with Crippen molar-refractivity contribution in [1.82, 2.24) is 9.88 Å². The molecule has 3 N–H and O–H groups in total. The second-order valence-electron chi connectivity index (χ2n) is 6.57. The van der Waals surface area contributed by atoms with Crippen molar-refractivity contribution < 1.29 is 9.59 Å². The van der Waals surface area contributed by atoms with E-state index >= 15 is 0 Å². The van der Waals surface area contributed by atoms with Gasteiger partial charge in [0.1, 0.15) is 12.2 Å². The Bertz CT molecular complexity index is 900. The molecule has 0 radical (unpaired) electrons. The molecule has 7 heteroatoms. The number of anilines is 2. The molecule has 1 aromatic heterocycles. The van der Waals surface area contributed by atoms with Gasteiger partial charge < -0.3 is 20.5 Å². The molecule has 136 valence electrons. The van der Waals surface area contributed by atoms with E-state index in [4.69, 9.17) is 0 Å². The van der Waals surface area contributed by atoms with Gasteiger partial charge in [0.2, 0.25) is 5.91 Å². The lowest BCUT2D eigenvalue weighted by molar-refractivity contribution is -0.121. The molecule has 1 heterocycles. The van der Waals surface area contributed by atoms with Gasteiger partial charge in [-0.1, -0.05) is 12.1 Å². The van der Waals surface area contributed by atoms with E-state index < -0.39 is 11.6 Å². The molecule has 3 amide bonds. The highest BCUT2D eigenvalue weighted by atomic mass is 16.2. The summed E-state index contributed by atoms with van der Waals surface area (Å²) >= 11 is 0. The Morgan fingerprint density at radius 2 is 1.88 bits per heavy atom. The van der Waals surface area contributed by atoms with Crippen LogP contribution < -0.4 is 21.5 Å². The molecule has 0 unspecified atom stereocenters. The number of aromatic nitrogens is 1. The van der Waals surface area contributed by atoms with E-state index in [0.29, 0.717) is 11.4 Å². The first-order valence-electron chi connectivity index (χ1n) is 8.57. The topological polar surface area (TPSA) is 92.2 Å². The fraction of sp³-hybridized carbons (Fsp3) is 0.316. The lowest BCUT2D eigenvalue weighted by atomic mass is 10.2. The van der Waals surface area contributed by atoms with Crippen molar-refractivity contribution in [3.8, 4) is 0 Å². The molecule has 1 aliphatic carbocycles. The molecule has 0 spiro atoms. The monoisotopic (exact) mass is 354 g/mol. The Kier molecular flexibility index (Phi) is 5.06. The zero-order valence-corrected chi connectivity index (χ0v) is 14.8. The first-order chi connectivity index (χ1) is 12.4. The van der Waals surface area contributed by atoms with Gasteiger partial charge in [-0.3, -0.25) is 9.59 Å². The van der Waals surface area contributed by atoms with Crippen LogP contribution in [0.15, 0.2) is 41.2 Å². The molecule has 2 aromatic rings. The van der Waals surface area contributed by atoms with Crippen LogP contribution in [0.25, 0.3) is 0 Å². The van der Waals surface area contributed by atoms with Gasteiger partial charge in [-0.15, -0.1) is 0 Å². The fourth-order valence-electron chi connectivity index (χ4n) is 2.61. The van der Waals surface area contributed by atoms with Crippen LogP contribution in [0, 0.1) is 13.8 Å². The van der Waals surface area contributed by atoms with Gasteiger partial charge >= 0.3 is 6.03 Å². The van der Waals surface area contributed by atoms with E-state index in [-0.39, 0.29) is 24.2 Å². The first kappa shape index (κ1) is 17.7. The van der Waals surface area contributed by atoms with E-state index in [0.717, 1.165) is 18.4 Å². The highest BCUT2D eigenvalue weighted by Gasteiger charge is 2.23. The minimum absolute atomic E-state index is 0.0593. The number of pyridine rings is 1. The molecule has 0 atom stereocenters. The molecule has 7 nitrogen and oxygen atoms in total. The molecule has 1 saturated carbocycles. The summed E-state index contributed by atoms with van der Waals surface area (Å²) in [5.41, 5.74) is 2.03. The second-order valence-corrected chi connectivity index (χ2v) is 6.57. The number of carbonyl (C=O) groups excluding carboxylic acids is 2. The van der Waals surface area contributed by atoms with Gasteiger partial charge in [-0.25, -0.2) is 4.79 Å². The molecule has 0 aliphatic heterocycles. The molecule has 1 fully saturated rings. The maximum Gasteiger partial charge on any atom is 0.323 e. The first-order valence-corrected chi connectivity index (χ1v) is 8.57. The van der Waals surface area contributed by atoms with Crippen LogP contribution in [0.5, 0.6) is 0 Å². The number of urea groups is 1. The third-order valence-corrected chi connectivity index (χ3v) is 4.16. The van der Waals surface area contributed by atoms with Gasteiger partial charge in [0, 0.05) is 17.4 Å². The normalized spacial score (nSPS) is 13.2. The van der Waals surface area contributed by atoms with Crippen molar-refractivity contribution in [2.45, 2.75) is 39.3 Å². The number of carbonyl (C=O) groups is 2. The fourth-order valence-corrected chi connectivity index (χ4v) is 2.61. The predicted octanol–water partition coefficient (Wildman–Crippen LogP) is 2.39. The minimum Gasteiger partial charge on any atom is -0.352 e.